The van der Waals surface area contributed by atoms with Crippen LogP contribution in [0.3, 0.4) is 0 Å². The van der Waals surface area contributed by atoms with E-state index in [0.29, 0.717) is 5.39 Å². The number of anilines is 1. The first-order valence-electron chi connectivity index (χ1n) is 8.39. The molecule has 0 aliphatic heterocycles. The van der Waals surface area contributed by atoms with E-state index in [1.807, 2.05) is 24.5 Å². The highest BCUT2D eigenvalue weighted by molar-refractivity contribution is 5.99. The second kappa shape index (κ2) is 6.79. The van der Waals surface area contributed by atoms with Crippen molar-refractivity contribution < 1.29 is 4.92 Å². The Labute approximate surface area is 149 Å². The molecular weight excluding hydrogens is 330 g/mol. The highest BCUT2D eigenvalue weighted by Crippen LogP contribution is 2.30. The van der Waals surface area contributed by atoms with Gasteiger partial charge in [0.05, 0.1) is 27.7 Å². The van der Waals surface area contributed by atoms with Crippen molar-refractivity contribution in [3.63, 3.8) is 0 Å². The van der Waals surface area contributed by atoms with Crippen LogP contribution in [0, 0.1) is 10.1 Å². The number of hydrogen-bond donors (Lipinski definition) is 1. The Morgan fingerprint density at radius 1 is 1.12 bits per heavy atom. The smallest absolute Gasteiger partial charge is 0.278 e. The summed E-state index contributed by atoms with van der Waals surface area (Å²) in [6, 6.07) is 13.1. The van der Waals surface area contributed by atoms with E-state index in [4.69, 9.17) is 0 Å². The number of nitro groups is 1. The molecule has 0 amide bonds. The van der Waals surface area contributed by atoms with E-state index in [0.717, 1.165) is 41.6 Å². The Hall–Kier alpha value is -3.48. The number of hydrogen-bond acceptors (Lipinski definition) is 5. The predicted molar refractivity (Wildman–Crippen MR) is 101 cm³/mol. The Bertz CT molecular complexity index is 1090. The second-order valence-corrected chi connectivity index (χ2v) is 6.02. The third-order valence-corrected chi connectivity index (χ3v) is 4.41. The molecule has 0 saturated carbocycles. The minimum atomic E-state index is -0.377. The minimum Gasteiger partial charge on any atom is -0.384 e. The summed E-state index contributed by atoms with van der Waals surface area (Å²) in [6.45, 7) is 1.60. The van der Waals surface area contributed by atoms with Crippen LogP contribution in [0.25, 0.3) is 21.8 Å². The number of para-hydroxylation sites is 2. The quantitative estimate of drug-likeness (QED) is 0.324. The fourth-order valence-electron chi connectivity index (χ4n) is 3.15. The number of imidazole rings is 1. The number of rotatable bonds is 6. The molecule has 4 aromatic rings. The van der Waals surface area contributed by atoms with Crippen molar-refractivity contribution >= 4 is 33.2 Å². The van der Waals surface area contributed by atoms with Gasteiger partial charge in [-0.1, -0.05) is 12.1 Å². The number of non-ortho nitro benzene ring substituents is 1. The van der Waals surface area contributed by atoms with Crippen molar-refractivity contribution in [2.24, 2.45) is 0 Å². The van der Waals surface area contributed by atoms with E-state index >= 15 is 0 Å². The van der Waals surface area contributed by atoms with Gasteiger partial charge in [-0.2, -0.15) is 0 Å². The molecule has 7 nitrogen and oxygen atoms in total. The molecule has 26 heavy (non-hydrogen) atoms. The van der Waals surface area contributed by atoms with Gasteiger partial charge in [-0.15, -0.1) is 0 Å². The lowest BCUT2D eigenvalue weighted by Crippen LogP contribution is -2.07. The van der Waals surface area contributed by atoms with Crippen molar-refractivity contribution in [3.05, 3.63) is 71.3 Å². The molecule has 0 radical (unpaired) electrons. The molecule has 0 bridgehead atoms. The molecule has 0 fully saturated rings. The van der Waals surface area contributed by atoms with Crippen molar-refractivity contribution in [1.29, 1.82) is 0 Å². The Balaban J connectivity index is 1.47. The molecule has 4 rings (SSSR count). The zero-order valence-corrected chi connectivity index (χ0v) is 14.0. The maximum atomic E-state index is 11.2. The van der Waals surface area contributed by atoms with Gasteiger partial charge in [-0.25, -0.2) is 4.98 Å². The molecule has 0 saturated heterocycles. The molecule has 1 N–H and O–H groups in total. The first kappa shape index (κ1) is 16.0. The van der Waals surface area contributed by atoms with E-state index < -0.39 is 0 Å². The van der Waals surface area contributed by atoms with Gasteiger partial charge in [-0.05, 0) is 30.7 Å². The van der Waals surface area contributed by atoms with Gasteiger partial charge < -0.3 is 9.88 Å². The van der Waals surface area contributed by atoms with Crippen LogP contribution >= 0.6 is 0 Å². The normalized spacial score (nSPS) is 11.1. The maximum absolute atomic E-state index is 11.2. The fraction of sp³-hybridized carbons (Fsp3) is 0.158. The van der Waals surface area contributed by atoms with Gasteiger partial charge >= 0.3 is 0 Å². The number of nitrogens with one attached hydrogen (secondary N) is 1. The lowest BCUT2D eigenvalue weighted by molar-refractivity contribution is -0.383. The first-order chi connectivity index (χ1) is 12.7. The summed E-state index contributed by atoms with van der Waals surface area (Å²) in [4.78, 5) is 19.2. The second-order valence-electron chi connectivity index (χ2n) is 6.02. The zero-order valence-electron chi connectivity index (χ0n) is 14.0. The summed E-state index contributed by atoms with van der Waals surface area (Å²) >= 11 is 0. The van der Waals surface area contributed by atoms with E-state index in [2.05, 4.69) is 25.9 Å². The Morgan fingerprint density at radius 3 is 2.88 bits per heavy atom. The van der Waals surface area contributed by atoms with Gasteiger partial charge in [0.25, 0.3) is 5.69 Å². The summed E-state index contributed by atoms with van der Waals surface area (Å²) in [5.74, 6) is 0. The van der Waals surface area contributed by atoms with Crippen LogP contribution in [0.5, 0.6) is 0 Å². The standard InChI is InChI=1S/C19H17N5O2/c25-24(26)18-7-6-16(14-8-10-20-12-15(14)18)21-9-3-11-23-13-22-17-4-1-2-5-19(17)23/h1-2,4-8,10,12-13,21H,3,9,11H2. The first-order valence-corrected chi connectivity index (χ1v) is 8.39. The van der Waals surface area contributed by atoms with Crippen LogP contribution in [-0.2, 0) is 6.54 Å². The molecule has 0 aliphatic rings. The van der Waals surface area contributed by atoms with Crippen LogP contribution < -0.4 is 5.32 Å². The van der Waals surface area contributed by atoms with Gasteiger partial charge in [0.15, 0.2) is 0 Å². The lowest BCUT2D eigenvalue weighted by atomic mass is 10.1. The van der Waals surface area contributed by atoms with Crippen LogP contribution in [0.1, 0.15) is 6.42 Å². The molecule has 0 atom stereocenters. The molecule has 130 valence electrons. The molecule has 2 heterocycles. The van der Waals surface area contributed by atoms with E-state index in [1.165, 1.54) is 12.3 Å². The summed E-state index contributed by atoms with van der Waals surface area (Å²) in [7, 11) is 0. The monoisotopic (exact) mass is 347 g/mol. The zero-order chi connectivity index (χ0) is 17.9. The summed E-state index contributed by atoms with van der Waals surface area (Å²) in [5, 5.41) is 15.9. The van der Waals surface area contributed by atoms with Crippen molar-refractivity contribution in [1.82, 2.24) is 14.5 Å². The van der Waals surface area contributed by atoms with Gasteiger partial charge in [0.2, 0.25) is 0 Å². The number of aryl methyl sites for hydroxylation is 1. The van der Waals surface area contributed by atoms with Crippen LogP contribution in [0.2, 0.25) is 0 Å². The number of fused-ring (bicyclic) bond motifs is 2. The molecule has 2 aromatic heterocycles. The van der Waals surface area contributed by atoms with E-state index in [1.54, 1.807) is 18.3 Å². The summed E-state index contributed by atoms with van der Waals surface area (Å²) in [5.41, 5.74) is 3.07. The van der Waals surface area contributed by atoms with Crippen LogP contribution in [-0.4, -0.2) is 26.0 Å². The maximum Gasteiger partial charge on any atom is 0.278 e. The van der Waals surface area contributed by atoms with Crippen molar-refractivity contribution in [2.45, 2.75) is 13.0 Å². The largest absolute Gasteiger partial charge is 0.384 e. The number of nitrogens with zero attached hydrogens (tertiary/aromatic N) is 4. The number of pyridine rings is 1. The molecule has 0 spiro atoms. The Morgan fingerprint density at radius 2 is 2.00 bits per heavy atom. The molecule has 7 heteroatoms. The topological polar surface area (TPSA) is 85.9 Å². The molecule has 0 unspecified atom stereocenters. The molecule has 0 aliphatic carbocycles. The van der Waals surface area contributed by atoms with Crippen molar-refractivity contribution in [3.8, 4) is 0 Å². The predicted octanol–water partition coefficient (Wildman–Crippen LogP) is 3.99. The Kier molecular flexibility index (Phi) is 4.18. The average molecular weight is 347 g/mol. The third-order valence-electron chi connectivity index (χ3n) is 4.41. The number of nitro benzene ring substituents is 1. The van der Waals surface area contributed by atoms with Gasteiger partial charge in [-0.3, -0.25) is 15.1 Å². The summed E-state index contributed by atoms with van der Waals surface area (Å²) < 4.78 is 2.13. The third kappa shape index (κ3) is 2.95. The molecular formula is C19H17N5O2. The summed E-state index contributed by atoms with van der Waals surface area (Å²) in [6.07, 6.45) is 5.95. The van der Waals surface area contributed by atoms with Gasteiger partial charge in [0, 0.05) is 42.6 Å². The van der Waals surface area contributed by atoms with Gasteiger partial charge in [0.1, 0.15) is 0 Å². The average Bonchev–Trinajstić information content (AvgIpc) is 3.08. The highest BCUT2D eigenvalue weighted by Gasteiger charge is 2.14. The highest BCUT2D eigenvalue weighted by atomic mass is 16.6. The molecule has 2 aromatic carbocycles. The lowest BCUT2D eigenvalue weighted by Gasteiger charge is -2.10. The van der Waals surface area contributed by atoms with Crippen molar-refractivity contribution in [2.75, 3.05) is 11.9 Å². The number of benzene rings is 2. The van der Waals surface area contributed by atoms with E-state index in [-0.39, 0.29) is 10.6 Å². The minimum absolute atomic E-state index is 0.0727. The van der Waals surface area contributed by atoms with Crippen LogP contribution in [0.4, 0.5) is 11.4 Å². The van der Waals surface area contributed by atoms with Crippen LogP contribution in [0.15, 0.2) is 61.2 Å². The van der Waals surface area contributed by atoms with E-state index in [9.17, 15) is 10.1 Å². The fourth-order valence-corrected chi connectivity index (χ4v) is 3.15. The number of aromatic nitrogens is 3. The SMILES string of the molecule is O=[N+]([O-])c1ccc(NCCCn2cnc3ccccc32)c2ccncc12.